The van der Waals surface area contributed by atoms with Crippen molar-refractivity contribution < 1.29 is 51.9 Å². The molecule has 0 fully saturated rings. The summed E-state index contributed by atoms with van der Waals surface area (Å²) in [5.74, 6) is -3.65. The van der Waals surface area contributed by atoms with Crippen molar-refractivity contribution in [3.63, 3.8) is 0 Å². The number of nitrogens with zero attached hydrogens (tertiary/aromatic N) is 2. The summed E-state index contributed by atoms with van der Waals surface area (Å²) in [6, 6.07) is 0. The van der Waals surface area contributed by atoms with Crippen LogP contribution in [-0.2, 0) is 17.8 Å². The van der Waals surface area contributed by atoms with Crippen LogP contribution in [0.25, 0.3) is 0 Å². The van der Waals surface area contributed by atoms with Crippen LogP contribution in [-0.4, -0.2) is 29.5 Å². The fraction of sp³-hybridized carbons (Fsp3) is 0. The maximum absolute atomic E-state index is 10.3. The number of carboxylic acid groups (broad SMARTS) is 2. The van der Waals surface area contributed by atoms with Gasteiger partial charge in [0.1, 0.15) is 0 Å². The molecule has 0 aromatic heterocycles. The van der Waals surface area contributed by atoms with Crippen LogP contribution in [0.4, 0.5) is 0 Å². The molecule has 0 heterocycles. The minimum Gasteiger partial charge on any atom is -0.830 e. The van der Waals surface area contributed by atoms with Crippen LogP contribution in [0.5, 0.6) is 0 Å². The van der Waals surface area contributed by atoms with E-state index in [1.165, 1.54) is 10.8 Å². The molecular formula is C4H2BLiN2O7S2. The average Bonchev–Trinajstić information content (AvgIpc) is 2.24. The van der Waals surface area contributed by atoms with E-state index in [4.69, 9.17) is 30.3 Å². The smallest absolute Gasteiger partial charge is 0.830 e. The van der Waals surface area contributed by atoms with Crippen LogP contribution in [0.2, 0.25) is 0 Å². The zero-order valence-corrected chi connectivity index (χ0v) is 9.86. The van der Waals surface area contributed by atoms with Crippen LogP contribution in [0.3, 0.4) is 0 Å². The monoisotopic (exact) mass is 272 g/mol. The second-order valence-corrected chi connectivity index (χ2v) is 2.52. The third kappa shape index (κ3) is 21.1. The van der Waals surface area contributed by atoms with Crippen molar-refractivity contribution in [2.75, 3.05) is 0 Å². The van der Waals surface area contributed by atoms with Gasteiger partial charge in [0.05, 0.1) is 24.1 Å². The summed E-state index contributed by atoms with van der Waals surface area (Å²) in [7, 11) is -1.80. The summed E-state index contributed by atoms with van der Waals surface area (Å²) in [6.07, 6.45) is 0. The van der Waals surface area contributed by atoms with E-state index in [2.05, 4.69) is 8.20 Å². The maximum Gasteiger partial charge on any atom is 1.00 e. The van der Waals surface area contributed by atoms with Crippen molar-refractivity contribution in [1.82, 2.24) is 0 Å². The van der Waals surface area contributed by atoms with Gasteiger partial charge >= 0.3 is 38.1 Å². The molecule has 0 aliphatic heterocycles. The SMILES string of the molecule is N#CSOB([O-])OSC#N.O=C(O)C(=O)O.[Li+]. The van der Waals surface area contributed by atoms with Gasteiger partial charge in [0.25, 0.3) is 0 Å². The van der Waals surface area contributed by atoms with E-state index in [0.717, 1.165) is 0 Å². The van der Waals surface area contributed by atoms with Crippen LogP contribution >= 0.6 is 24.1 Å². The first kappa shape index (κ1) is 21.4. The van der Waals surface area contributed by atoms with E-state index in [-0.39, 0.29) is 18.9 Å². The molecule has 2 N–H and O–H groups in total. The molecule has 0 bridgehead atoms. The topological polar surface area (TPSA) is 164 Å². The Morgan fingerprint density at radius 3 is 1.59 bits per heavy atom. The van der Waals surface area contributed by atoms with Gasteiger partial charge in [0.15, 0.2) is 10.8 Å². The molecule has 0 aromatic rings. The van der Waals surface area contributed by atoms with Gasteiger partial charge in [0, 0.05) is 0 Å². The molecule has 17 heavy (non-hydrogen) atoms. The third-order valence-electron chi connectivity index (χ3n) is 0.511. The van der Waals surface area contributed by atoms with Crippen LogP contribution in [0.15, 0.2) is 0 Å². The second kappa shape index (κ2) is 15.2. The first-order valence-corrected chi connectivity index (χ1v) is 4.48. The number of rotatable bonds is 4. The molecule has 0 amide bonds. The van der Waals surface area contributed by atoms with Gasteiger partial charge in [-0.25, -0.2) is 9.59 Å². The molecule has 0 spiro atoms. The summed E-state index contributed by atoms with van der Waals surface area (Å²) in [5, 5.41) is 43.8. The second-order valence-electron chi connectivity index (χ2n) is 1.44. The number of hydrogen-bond acceptors (Lipinski definition) is 9. The largest absolute Gasteiger partial charge is 1.00 e. The van der Waals surface area contributed by atoms with Gasteiger partial charge < -0.3 is 23.4 Å². The summed E-state index contributed by atoms with van der Waals surface area (Å²) < 4.78 is 8.20. The van der Waals surface area contributed by atoms with E-state index in [1.54, 1.807) is 0 Å². The van der Waals surface area contributed by atoms with Gasteiger partial charge in [-0.05, 0) is 0 Å². The fourth-order valence-corrected chi connectivity index (χ4v) is 0.509. The van der Waals surface area contributed by atoms with Crippen molar-refractivity contribution in [3.05, 3.63) is 0 Å². The van der Waals surface area contributed by atoms with Gasteiger partial charge in [-0.2, -0.15) is 10.5 Å². The van der Waals surface area contributed by atoms with E-state index < -0.39 is 19.3 Å². The minimum absolute atomic E-state index is 0. The quantitative estimate of drug-likeness (QED) is 0.220. The molecule has 0 aromatic carbocycles. The number of thiocyanates is 2. The molecule has 0 saturated carbocycles. The number of hydrogen-bond donors (Lipinski definition) is 2. The van der Waals surface area contributed by atoms with E-state index in [0.29, 0.717) is 24.1 Å². The first-order valence-electron chi connectivity index (χ1n) is 3.00. The Morgan fingerprint density at radius 1 is 1.12 bits per heavy atom. The molecule has 86 valence electrons. The fourth-order valence-electron chi connectivity index (χ4n) is 0.138. The molecule has 0 radical (unpaired) electrons. The Balaban J connectivity index is -0.000000244. The zero-order chi connectivity index (χ0) is 13.0. The van der Waals surface area contributed by atoms with Gasteiger partial charge in [-0.15, -0.1) is 0 Å². The Bertz CT molecular complexity index is 288. The molecule has 0 atom stereocenters. The summed E-state index contributed by atoms with van der Waals surface area (Å²) in [6.45, 7) is 0. The first-order chi connectivity index (χ1) is 7.45. The van der Waals surface area contributed by atoms with Crippen LogP contribution in [0.1, 0.15) is 0 Å². The molecule has 0 unspecified atom stereocenters. The number of carbonyl (C=O) groups is 2. The van der Waals surface area contributed by atoms with Gasteiger partial charge in [0.2, 0.25) is 0 Å². The van der Waals surface area contributed by atoms with Gasteiger partial charge in [-0.1, -0.05) is 0 Å². The van der Waals surface area contributed by atoms with Gasteiger partial charge in [-0.3, -0.25) is 0 Å². The summed E-state index contributed by atoms with van der Waals surface area (Å²) >= 11 is 0.624. The average molecular weight is 272 g/mol. The van der Waals surface area contributed by atoms with E-state index in [9.17, 15) is 5.02 Å². The van der Waals surface area contributed by atoms with E-state index in [1.807, 2.05) is 0 Å². The van der Waals surface area contributed by atoms with Crippen molar-refractivity contribution in [1.29, 1.82) is 10.5 Å². The molecule has 9 nitrogen and oxygen atoms in total. The summed E-state index contributed by atoms with van der Waals surface area (Å²) in [4.78, 5) is 18.2. The summed E-state index contributed by atoms with van der Waals surface area (Å²) in [5.41, 5.74) is 0. The Morgan fingerprint density at radius 2 is 1.41 bits per heavy atom. The predicted octanol–water partition coefficient (Wildman–Crippen LogP) is -4.22. The third-order valence-corrected chi connectivity index (χ3v) is 1.17. The standard InChI is InChI=1S/C2BN2O3S2.C2H2O4.Li/c4-1-9-7-3(6)8-10-2-5;3-1(4)2(5)6;/h;(H,3,4)(H,5,6);/q-1;;+1. The predicted molar refractivity (Wildman–Crippen MR) is 49.6 cm³/mol. The Hall–Kier alpha value is -0.838. The molecular weight excluding hydrogens is 270 g/mol. The minimum atomic E-state index is -1.82. The molecule has 0 saturated heterocycles. The molecule has 13 heteroatoms. The molecule has 0 rings (SSSR count). The van der Waals surface area contributed by atoms with Crippen LogP contribution < -0.4 is 23.9 Å². The van der Waals surface area contributed by atoms with Crippen LogP contribution in [0, 0.1) is 21.3 Å². The van der Waals surface area contributed by atoms with Crippen molar-refractivity contribution in [3.8, 4) is 10.8 Å². The number of aliphatic carboxylic acids is 2. The zero-order valence-electron chi connectivity index (χ0n) is 8.22. The molecule has 0 aliphatic rings. The van der Waals surface area contributed by atoms with Crippen molar-refractivity contribution in [2.24, 2.45) is 0 Å². The maximum atomic E-state index is 10.3. The molecule has 0 aliphatic carbocycles. The number of nitriles is 2. The van der Waals surface area contributed by atoms with Crippen molar-refractivity contribution >= 4 is 43.3 Å². The van der Waals surface area contributed by atoms with E-state index >= 15 is 0 Å². The Kier molecular flexibility index (Phi) is 19.1. The Labute approximate surface area is 116 Å². The normalized spacial score (nSPS) is 7.24. The van der Waals surface area contributed by atoms with Crippen molar-refractivity contribution in [2.45, 2.75) is 0 Å². The number of carboxylic acids is 2.